The van der Waals surface area contributed by atoms with Crippen molar-refractivity contribution in [1.82, 2.24) is 10.2 Å². The molecule has 0 saturated heterocycles. The Morgan fingerprint density at radius 3 is 2.39 bits per heavy atom. The molecule has 0 atom stereocenters. The SMILES string of the molecule is Cc1cc(NS(=O)(=O)c2cn[nH]c2)cc(C)c1Br. The van der Waals surface area contributed by atoms with Crippen molar-refractivity contribution in [3.05, 3.63) is 40.1 Å². The Balaban J connectivity index is 2.36. The molecule has 7 heteroatoms. The van der Waals surface area contributed by atoms with E-state index >= 15 is 0 Å². The third kappa shape index (κ3) is 2.56. The molecule has 0 spiro atoms. The first-order valence-corrected chi connectivity index (χ1v) is 7.46. The Kier molecular flexibility index (Phi) is 3.45. The predicted molar refractivity (Wildman–Crippen MR) is 73.0 cm³/mol. The molecule has 0 saturated carbocycles. The van der Waals surface area contributed by atoms with Gasteiger partial charge in [-0.25, -0.2) is 8.42 Å². The van der Waals surface area contributed by atoms with Crippen molar-refractivity contribution >= 4 is 31.6 Å². The lowest BCUT2D eigenvalue weighted by Gasteiger charge is -2.10. The van der Waals surface area contributed by atoms with Gasteiger partial charge in [0.05, 0.1) is 6.20 Å². The van der Waals surface area contributed by atoms with Gasteiger partial charge in [0.25, 0.3) is 10.0 Å². The molecule has 2 aromatic rings. The van der Waals surface area contributed by atoms with E-state index in [1.807, 2.05) is 13.8 Å². The summed E-state index contributed by atoms with van der Waals surface area (Å²) in [5, 5.41) is 6.10. The van der Waals surface area contributed by atoms with Crippen LogP contribution in [0.2, 0.25) is 0 Å². The molecular formula is C11H12BrN3O2S. The summed E-state index contributed by atoms with van der Waals surface area (Å²) in [6, 6.07) is 3.55. The van der Waals surface area contributed by atoms with Gasteiger partial charge < -0.3 is 0 Å². The molecule has 0 amide bonds. The second-order valence-corrected chi connectivity index (χ2v) is 6.44. The molecule has 18 heavy (non-hydrogen) atoms. The summed E-state index contributed by atoms with van der Waals surface area (Å²) >= 11 is 3.44. The zero-order valence-electron chi connectivity index (χ0n) is 9.86. The summed E-state index contributed by atoms with van der Waals surface area (Å²) < 4.78 is 27.5. The van der Waals surface area contributed by atoms with Gasteiger partial charge in [0, 0.05) is 16.4 Å². The van der Waals surface area contributed by atoms with E-state index < -0.39 is 10.0 Å². The number of aryl methyl sites for hydroxylation is 2. The highest BCUT2D eigenvalue weighted by Crippen LogP contribution is 2.26. The lowest BCUT2D eigenvalue weighted by Crippen LogP contribution is -2.12. The number of rotatable bonds is 3. The van der Waals surface area contributed by atoms with Crippen LogP contribution in [0.5, 0.6) is 0 Å². The number of hydrogen-bond acceptors (Lipinski definition) is 3. The van der Waals surface area contributed by atoms with E-state index in [-0.39, 0.29) is 4.90 Å². The number of aromatic nitrogens is 2. The summed E-state index contributed by atoms with van der Waals surface area (Å²) in [7, 11) is -3.58. The highest BCUT2D eigenvalue weighted by atomic mass is 79.9. The minimum absolute atomic E-state index is 0.112. The van der Waals surface area contributed by atoms with E-state index in [0.717, 1.165) is 15.6 Å². The molecule has 0 unspecified atom stereocenters. The highest BCUT2D eigenvalue weighted by molar-refractivity contribution is 9.10. The van der Waals surface area contributed by atoms with Gasteiger partial charge in [0.1, 0.15) is 4.90 Å². The van der Waals surface area contributed by atoms with Crippen molar-refractivity contribution < 1.29 is 8.42 Å². The zero-order chi connectivity index (χ0) is 13.3. The smallest absolute Gasteiger partial charge is 0.265 e. The first-order valence-electron chi connectivity index (χ1n) is 5.18. The molecule has 0 fully saturated rings. The molecule has 1 heterocycles. The Hall–Kier alpha value is -1.34. The predicted octanol–water partition coefficient (Wildman–Crippen LogP) is 2.59. The van der Waals surface area contributed by atoms with Crippen LogP contribution in [0.3, 0.4) is 0 Å². The lowest BCUT2D eigenvalue weighted by atomic mass is 10.1. The summed E-state index contributed by atoms with van der Waals surface area (Å²) in [6.45, 7) is 3.82. The summed E-state index contributed by atoms with van der Waals surface area (Å²) in [6.07, 6.45) is 2.60. The molecule has 1 aromatic heterocycles. The highest BCUT2D eigenvalue weighted by Gasteiger charge is 2.15. The van der Waals surface area contributed by atoms with Crippen LogP contribution in [0.4, 0.5) is 5.69 Å². The third-order valence-corrected chi connectivity index (χ3v) is 5.07. The molecule has 96 valence electrons. The number of H-pyrrole nitrogens is 1. The molecule has 0 aliphatic rings. The number of sulfonamides is 1. The van der Waals surface area contributed by atoms with Gasteiger partial charge in [-0.3, -0.25) is 9.82 Å². The lowest BCUT2D eigenvalue weighted by molar-refractivity contribution is 0.601. The van der Waals surface area contributed by atoms with Gasteiger partial charge in [-0.05, 0) is 37.1 Å². The first-order chi connectivity index (χ1) is 8.40. The Labute approximate surface area is 114 Å². The number of halogens is 1. The largest absolute Gasteiger partial charge is 0.284 e. The number of nitrogens with zero attached hydrogens (tertiary/aromatic N) is 1. The third-order valence-electron chi connectivity index (χ3n) is 2.47. The maximum Gasteiger partial charge on any atom is 0.265 e. The summed E-state index contributed by atoms with van der Waals surface area (Å²) in [4.78, 5) is 0.112. The second kappa shape index (κ2) is 4.74. The van der Waals surface area contributed by atoms with Crippen molar-refractivity contribution in [2.75, 3.05) is 4.72 Å². The molecule has 5 nitrogen and oxygen atoms in total. The van der Waals surface area contributed by atoms with Crippen LogP contribution in [-0.2, 0) is 10.0 Å². The van der Waals surface area contributed by atoms with Gasteiger partial charge in [-0.2, -0.15) is 5.10 Å². The van der Waals surface area contributed by atoms with Crippen LogP contribution in [0.25, 0.3) is 0 Å². The Morgan fingerprint density at radius 2 is 1.89 bits per heavy atom. The maximum atomic E-state index is 12.0. The van der Waals surface area contributed by atoms with E-state index in [2.05, 4.69) is 30.8 Å². The Bertz CT molecular complexity index is 643. The number of anilines is 1. The molecule has 1 aromatic carbocycles. The standard InChI is InChI=1S/C11H12BrN3O2S/c1-7-3-9(4-8(2)11(7)12)15-18(16,17)10-5-13-14-6-10/h3-6,15H,1-2H3,(H,13,14). The van der Waals surface area contributed by atoms with Crippen LogP contribution in [0, 0.1) is 13.8 Å². The quantitative estimate of drug-likeness (QED) is 0.908. The summed E-state index contributed by atoms with van der Waals surface area (Å²) in [5.74, 6) is 0. The van der Waals surface area contributed by atoms with Crippen LogP contribution in [0.1, 0.15) is 11.1 Å². The first kappa shape index (κ1) is 13.1. The van der Waals surface area contributed by atoms with E-state index in [1.54, 1.807) is 12.1 Å². The van der Waals surface area contributed by atoms with Gasteiger partial charge in [-0.15, -0.1) is 0 Å². The molecule has 0 aliphatic heterocycles. The van der Waals surface area contributed by atoms with E-state index in [1.165, 1.54) is 12.4 Å². The minimum Gasteiger partial charge on any atom is -0.284 e. The van der Waals surface area contributed by atoms with Crippen molar-refractivity contribution in [3.63, 3.8) is 0 Å². The topological polar surface area (TPSA) is 74.8 Å². The van der Waals surface area contributed by atoms with E-state index in [9.17, 15) is 8.42 Å². The molecule has 0 radical (unpaired) electrons. The number of nitrogens with one attached hydrogen (secondary N) is 2. The van der Waals surface area contributed by atoms with E-state index in [4.69, 9.17) is 0 Å². The average Bonchev–Trinajstić information content (AvgIpc) is 2.79. The van der Waals surface area contributed by atoms with Crippen molar-refractivity contribution in [3.8, 4) is 0 Å². The zero-order valence-corrected chi connectivity index (χ0v) is 12.3. The number of hydrogen-bond donors (Lipinski definition) is 2. The van der Waals surface area contributed by atoms with Gasteiger partial charge in [0.15, 0.2) is 0 Å². The monoisotopic (exact) mass is 329 g/mol. The van der Waals surface area contributed by atoms with Gasteiger partial charge in [-0.1, -0.05) is 15.9 Å². The maximum absolute atomic E-state index is 12.0. The van der Waals surface area contributed by atoms with Crippen LogP contribution >= 0.6 is 15.9 Å². The van der Waals surface area contributed by atoms with Gasteiger partial charge >= 0.3 is 0 Å². The fourth-order valence-corrected chi connectivity index (χ4v) is 2.78. The minimum atomic E-state index is -3.58. The van der Waals surface area contributed by atoms with Gasteiger partial charge in [0.2, 0.25) is 0 Å². The average molecular weight is 330 g/mol. The van der Waals surface area contributed by atoms with Crippen LogP contribution < -0.4 is 4.72 Å². The summed E-state index contributed by atoms with van der Waals surface area (Å²) in [5.41, 5.74) is 2.48. The molecule has 2 N–H and O–H groups in total. The number of aromatic amines is 1. The van der Waals surface area contributed by atoms with Crippen molar-refractivity contribution in [2.24, 2.45) is 0 Å². The molecule has 0 aliphatic carbocycles. The molecule has 2 rings (SSSR count). The number of benzene rings is 1. The van der Waals surface area contributed by atoms with Crippen LogP contribution in [0.15, 0.2) is 33.9 Å². The van der Waals surface area contributed by atoms with Crippen molar-refractivity contribution in [1.29, 1.82) is 0 Å². The Morgan fingerprint density at radius 1 is 1.28 bits per heavy atom. The van der Waals surface area contributed by atoms with Crippen LogP contribution in [-0.4, -0.2) is 18.6 Å². The normalized spacial score (nSPS) is 11.5. The fraction of sp³-hybridized carbons (Fsp3) is 0.182. The van der Waals surface area contributed by atoms with E-state index in [0.29, 0.717) is 5.69 Å². The van der Waals surface area contributed by atoms with Crippen molar-refractivity contribution in [2.45, 2.75) is 18.7 Å². The molecule has 0 bridgehead atoms. The molecular weight excluding hydrogens is 318 g/mol. The second-order valence-electron chi connectivity index (χ2n) is 3.96. The fourth-order valence-electron chi connectivity index (χ4n) is 1.60.